The van der Waals surface area contributed by atoms with Gasteiger partial charge in [0.1, 0.15) is 12.4 Å². The van der Waals surface area contributed by atoms with Gasteiger partial charge in [-0.05, 0) is 18.6 Å². The third-order valence-corrected chi connectivity index (χ3v) is 2.10. The van der Waals surface area contributed by atoms with Crippen LogP contribution >= 0.6 is 0 Å². The van der Waals surface area contributed by atoms with E-state index in [-0.39, 0.29) is 25.6 Å². The van der Waals surface area contributed by atoms with E-state index in [0.717, 1.165) is 0 Å². The molecule has 0 atom stereocenters. The first-order valence-electron chi connectivity index (χ1n) is 5.26. The average molecular weight is 224 g/mol. The number of rotatable bonds is 7. The maximum Gasteiger partial charge on any atom is 0.166 e. The number of carbonyl (C=O) groups is 1. The lowest BCUT2D eigenvalue weighted by atomic mass is 10.1. The summed E-state index contributed by atoms with van der Waals surface area (Å²) < 4.78 is 5.25. The zero-order valence-corrected chi connectivity index (χ0v) is 9.06. The molecule has 0 bridgehead atoms. The van der Waals surface area contributed by atoms with Gasteiger partial charge < -0.3 is 14.9 Å². The number of benzene rings is 1. The fourth-order valence-corrected chi connectivity index (χ4v) is 1.35. The monoisotopic (exact) mass is 224 g/mol. The van der Waals surface area contributed by atoms with Crippen molar-refractivity contribution >= 4 is 5.78 Å². The Morgan fingerprint density at radius 3 is 2.62 bits per heavy atom. The molecule has 0 spiro atoms. The zero-order valence-electron chi connectivity index (χ0n) is 9.06. The predicted octanol–water partition coefficient (Wildman–Crippen LogP) is 1.01. The Kier molecular flexibility index (Phi) is 5.53. The van der Waals surface area contributed by atoms with Crippen LogP contribution in [-0.4, -0.2) is 35.8 Å². The first-order chi connectivity index (χ1) is 7.79. The van der Waals surface area contributed by atoms with Gasteiger partial charge in [0, 0.05) is 13.0 Å². The smallest absolute Gasteiger partial charge is 0.166 e. The standard InChI is InChI=1S/C12H16O4/c13-7-3-5-11(15)10-4-1-2-6-12(10)16-9-8-14/h1-2,4,6,13-14H,3,5,7-9H2. The summed E-state index contributed by atoms with van der Waals surface area (Å²) in [5.41, 5.74) is 0.504. The van der Waals surface area contributed by atoms with Gasteiger partial charge >= 0.3 is 0 Å². The fraction of sp³-hybridized carbons (Fsp3) is 0.417. The van der Waals surface area contributed by atoms with E-state index in [9.17, 15) is 4.79 Å². The van der Waals surface area contributed by atoms with Crippen LogP contribution in [0.1, 0.15) is 23.2 Å². The fourth-order valence-electron chi connectivity index (χ4n) is 1.35. The highest BCUT2D eigenvalue weighted by molar-refractivity contribution is 5.98. The normalized spacial score (nSPS) is 10.1. The number of ketones is 1. The highest BCUT2D eigenvalue weighted by atomic mass is 16.5. The van der Waals surface area contributed by atoms with Crippen molar-refractivity contribution in [3.8, 4) is 5.75 Å². The van der Waals surface area contributed by atoms with Gasteiger partial charge in [0.2, 0.25) is 0 Å². The molecule has 0 aliphatic heterocycles. The van der Waals surface area contributed by atoms with Gasteiger partial charge in [-0.1, -0.05) is 12.1 Å². The summed E-state index contributed by atoms with van der Waals surface area (Å²) in [6.07, 6.45) is 0.753. The maximum absolute atomic E-state index is 11.7. The van der Waals surface area contributed by atoms with Gasteiger partial charge in [-0.15, -0.1) is 0 Å². The summed E-state index contributed by atoms with van der Waals surface area (Å²) in [7, 11) is 0. The van der Waals surface area contributed by atoms with Crippen molar-refractivity contribution < 1.29 is 19.7 Å². The van der Waals surface area contributed by atoms with Crippen molar-refractivity contribution in [3.05, 3.63) is 29.8 Å². The molecule has 16 heavy (non-hydrogen) atoms. The van der Waals surface area contributed by atoms with E-state index in [1.165, 1.54) is 0 Å². The molecule has 0 unspecified atom stereocenters. The van der Waals surface area contributed by atoms with Crippen molar-refractivity contribution in [1.82, 2.24) is 0 Å². The van der Waals surface area contributed by atoms with Crippen LogP contribution in [0, 0.1) is 0 Å². The molecule has 4 heteroatoms. The molecule has 0 heterocycles. The second-order valence-corrected chi connectivity index (χ2v) is 3.32. The number of aliphatic hydroxyl groups is 2. The SMILES string of the molecule is O=C(CCCO)c1ccccc1OCCO. The summed E-state index contributed by atoms with van der Waals surface area (Å²) in [6, 6.07) is 6.92. The lowest BCUT2D eigenvalue weighted by Gasteiger charge is -2.09. The molecule has 0 radical (unpaired) electrons. The molecule has 0 saturated carbocycles. The number of carbonyl (C=O) groups excluding carboxylic acids is 1. The minimum atomic E-state index is -0.0842. The van der Waals surface area contributed by atoms with Crippen LogP contribution in [0.15, 0.2) is 24.3 Å². The van der Waals surface area contributed by atoms with Crippen LogP contribution in [0.4, 0.5) is 0 Å². The van der Waals surface area contributed by atoms with Gasteiger partial charge in [-0.2, -0.15) is 0 Å². The molecule has 0 fully saturated rings. The second kappa shape index (κ2) is 6.98. The van der Waals surface area contributed by atoms with Gasteiger partial charge in [0.05, 0.1) is 12.2 Å². The van der Waals surface area contributed by atoms with Crippen LogP contribution in [0.2, 0.25) is 0 Å². The van der Waals surface area contributed by atoms with E-state index in [1.807, 2.05) is 0 Å². The second-order valence-electron chi connectivity index (χ2n) is 3.32. The molecule has 1 rings (SSSR count). The highest BCUT2D eigenvalue weighted by Gasteiger charge is 2.11. The molecule has 4 nitrogen and oxygen atoms in total. The van der Waals surface area contributed by atoms with Crippen LogP contribution < -0.4 is 4.74 Å². The van der Waals surface area contributed by atoms with Crippen LogP contribution in [-0.2, 0) is 0 Å². The lowest BCUT2D eigenvalue weighted by molar-refractivity contribution is 0.0965. The Hall–Kier alpha value is -1.39. The molecular weight excluding hydrogens is 208 g/mol. The summed E-state index contributed by atoms with van der Waals surface area (Å²) in [5.74, 6) is 0.432. The Balaban J connectivity index is 2.73. The van der Waals surface area contributed by atoms with E-state index >= 15 is 0 Å². The molecule has 0 saturated heterocycles. The molecular formula is C12H16O4. The van der Waals surface area contributed by atoms with E-state index in [4.69, 9.17) is 14.9 Å². The third-order valence-electron chi connectivity index (χ3n) is 2.10. The quantitative estimate of drug-likeness (QED) is 0.678. The van der Waals surface area contributed by atoms with Gasteiger partial charge in [0.25, 0.3) is 0 Å². The molecule has 0 aliphatic carbocycles. The van der Waals surface area contributed by atoms with Gasteiger partial charge in [-0.3, -0.25) is 4.79 Å². The Bertz CT molecular complexity index is 336. The number of hydrogen-bond acceptors (Lipinski definition) is 4. The summed E-state index contributed by atoms with van der Waals surface area (Å²) in [6.45, 7) is 0.0921. The van der Waals surface area contributed by atoms with Crippen LogP contribution in [0.3, 0.4) is 0 Å². The first kappa shape index (κ1) is 12.7. The maximum atomic E-state index is 11.7. The minimum Gasteiger partial charge on any atom is -0.490 e. The number of para-hydroxylation sites is 1. The van der Waals surface area contributed by atoms with Crippen molar-refractivity contribution in [3.63, 3.8) is 0 Å². The summed E-state index contributed by atoms with van der Waals surface area (Å²) >= 11 is 0. The average Bonchev–Trinajstić information content (AvgIpc) is 2.33. The highest BCUT2D eigenvalue weighted by Crippen LogP contribution is 2.19. The zero-order chi connectivity index (χ0) is 11.8. The largest absolute Gasteiger partial charge is 0.490 e. The van der Waals surface area contributed by atoms with Crippen LogP contribution in [0.5, 0.6) is 5.75 Å². The van der Waals surface area contributed by atoms with E-state index in [1.54, 1.807) is 24.3 Å². The Morgan fingerprint density at radius 1 is 1.19 bits per heavy atom. The van der Waals surface area contributed by atoms with Gasteiger partial charge in [-0.25, -0.2) is 0 Å². The number of hydrogen-bond donors (Lipinski definition) is 2. The number of ether oxygens (including phenoxy) is 1. The van der Waals surface area contributed by atoms with Crippen molar-refractivity contribution in [2.24, 2.45) is 0 Å². The number of Topliss-reactive ketones (excluding diaryl/α,β-unsaturated/α-hetero) is 1. The third kappa shape index (κ3) is 3.64. The molecule has 0 aliphatic rings. The molecule has 1 aromatic carbocycles. The predicted molar refractivity (Wildman–Crippen MR) is 59.7 cm³/mol. The topological polar surface area (TPSA) is 66.8 Å². The Labute approximate surface area is 94.5 Å². The Morgan fingerprint density at radius 2 is 1.94 bits per heavy atom. The van der Waals surface area contributed by atoms with E-state index in [2.05, 4.69) is 0 Å². The molecule has 0 aromatic heterocycles. The summed E-state index contributed by atoms with van der Waals surface area (Å²) in [4.78, 5) is 11.7. The molecule has 2 N–H and O–H groups in total. The van der Waals surface area contributed by atoms with E-state index in [0.29, 0.717) is 24.2 Å². The van der Waals surface area contributed by atoms with Crippen molar-refractivity contribution in [2.45, 2.75) is 12.8 Å². The van der Waals surface area contributed by atoms with Crippen molar-refractivity contribution in [2.75, 3.05) is 19.8 Å². The first-order valence-corrected chi connectivity index (χ1v) is 5.26. The van der Waals surface area contributed by atoms with Crippen LogP contribution in [0.25, 0.3) is 0 Å². The van der Waals surface area contributed by atoms with E-state index < -0.39 is 0 Å². The van der Waals surface area contributed by atoms with Gasteiger partial charge in [0.15, 0.2) is 5.78 Å². The molecule has 88 valence electrons. The minimum absolute atomic E-state index is 0.00536. The number of aliphatic hydroxyl groups excluding tert-OH is 2. The molecule has 1 aromatic rings. The molecule has 0 amide bonds. The lowest BCUT2D eigenvalue weighted by Crippen LogP contribution is -2.07. The van der Waals surface area contributed by atoms with Crippen molar-refractivity contribution in [1.29, 1.82) is 0 Å². The summed E-state index contributed by atoms with van der Waals surface area (Å²) in [5, 5.41) is 17.3.